The molecule has 0 bridgehead atoms. The number of ether oxygens (including phenoxy) is 1. The maximum absolute atomic E-state index is 11.6. The minimum Gasteiger partial charge on any atom is -0.477 e. The summed E-state index contributed by atoms with van der Waals surface area (Å²) in [5, 5.41) is 11.9. The first-order chi connectivity index (χ1) is 8.09. The van der Waals surface area contributed by atoms with Crippen LogP contribution in [0, 0.1) is 0 Å². The second kappa shape index (κ2) is 4.21. The van der Waals surface area contributed by atoms with Crippen LogP contribution >= 0.6 is 0 Å². The number of nitrogens with one attached hydrogen (secondary N) is 1. The molecule has 2 aliphatic rings. The number of methoxy groups -OCH3 is 1. The number of rotatable bonds is 3. The molecular weight excluding hydrogens is 224 g/mol. The Morgan fingerprint density at radius 2 is 2.41 bits per heavy atom. The molecule has 0 aromatic carbocycles. The quantitative estimate of drug-likeness (QED) is 0.725. The summed E-state index contributed by atoms with van der Waals surface area (Å²) in [4.78, 5) is 24.3. The predicted octanol–water partition coefficient (Wildman–Crippen LogP) is 0.0369. The second-order valence-corrected chi connectivity index (χ2v) is 3.93. The van der Waals surface area contributed by atoms with Crippen LogP contribution in [0.1, 0.15) is 12.8 Å². The van der Waals surface area contributed by atoms with E-state index in [9.17, 15) is 9.59 Å². The van der Waals surface area contributed by atoms with Crippen LogP contribution in [0.4, 0.5) is 0 Å². The Hall–Kier alpha value is -1.82. The Labute approximate surface area is 98.5 Å². The fourth-order valence-corrected chi connectivity index (χ4v) is 1.94. The van der Waals surface area contributed by atoms with Gasteiger partial charge in [-0.15, -0.1) is 0 Å². The van der Waals surface area contributed by atoms with E-state index in [4.69, 9.17) is 9.84 Å². The number of carbonyl (C=O) groups excluding carboxylic acids is 1. The standard InChI is InChI=1S/C11H14N2O4/c1-17-11(10(15)16)6-2-4-8(12-11)13-7-3-5-9(13)14/h2,4,6,12H,3,5,7H2,1H3,(H,15,16). The van der Waals surface area contributed by atoms with Gasteiger partial charge in [-0.25, -0.2) is 4.79 Å². The van der Waals surface area contributed by atoms with Gasteiger partial charge in [0.2, 0.25) is 5.91 Å². The second-order valence-electron chi connectivity index (χ2n) is 3.93. The van der Waals surface area contributed by atoms with Crippen LogP contribution in [0.2, 0.25) is 0 Å². The monoisotopic (exact) mass is 238 g/mol. The molecule has 92 valence electrons. The van der Waals surface area contributed by atoms with Gasteiger partial charge in [-0.3, -0.25) is 9.69 Å². The summed E-state index contributed by atoms with van der Waals surface area (Å²) in [7, 11) is 1.31. The Morgan fingerprint density at radius 3 is 2.94 bits per heavy atom. The Balaban J connectivity index is 2.22. The van der Waals surface area contributed by atoms with Crippen molar-refractivity contribution in [2.24, 2.45) is 0 Å². The lowest BCUT2D eigenvalue weighted by atomic mass is 10.1. The summed E-state index contributed by atoms with van der Waals surface area (Å²) >= 11 is 0. The number of hydrogen-bond acceptors (Lipinski definition) is 4. The number of nitrogens with zero attached hydrogens (tertiary/aromatic N) is 1. The van der Waals surface area contributed by atoms with Crippen molar-refractivity contribution < 1.29 is 19.4 Å². The molecule has 1 atom stereocenters. The van der Waals surface area contributed by atoms with Crippen LogP contribution in [0.5, 0.6) is 0 Å². The maximum atomic E-state index is 11.6. The van der Waals surface area contributed by atoms with Crippen molar-refractivity contribution >= 4 is 11.9 Å². The molecule has 17 heavy (non-hydrogen) atoms. The molecule has 2 rings (SSSR count). The zero-order chi connectivity index (χ0) is 12.5. The molecule has 1 saturated heterocycles. The minimum atomic E-state index is -1.59. The molecule has 1 unspecified atom stereocenters. The smallest absolute Gasteiger partial charge is 0.361 e. The topological polar surface area (TPSA) is 78.9 Å². The fourth-order valence-electron chi connectivity index (χ4n) is 1.94. The molecule has 0 saturated carbocycles. The molecule has 1 amide bonds. The van der Waals surface area contributed by atoms with Crippen LogP contribution in [-0.4, -0.2) is 41.3 Å². The maximum Gasteiger partial charge on any atom is 0.361 e. The zero-order valence-corrected chi connectivity index (χ0v) is 9.47. The number of allylic oxidation sites excluding steroid dienone is 2. The van der Waals surface area contributed by atoms with Gasteiger partial charge in [0.05, 0.1) is 0 Å². The molecule has 2 heterocycles. The zero-order valence-electron chi connectivity index (χ0n) is 9.47. The van der Waals surface area contributed by atoms with Gasteiger partial charge in [0.15, 0.2) is 0 Å². The summed E-state index contributed by atoms with van der Waals surface area (Å²) < 4.78 is 4.99. The van der Waals surface area contributed by atoms with Crippen molar-refractivity contribution in [1.82, 2.24) is 10.2 Å². The normalized spacial score (nSPS) is 27.9. The van der Waals surface area contributed by atoms with E-state index >= 15 is 0 Å². The van der Waals surface area contributed by atoms with Gasteiger partial charge in [-0.05, 0) is 18.6 Å². The van der Waals surface area contributed by atoms with Crippen LogP contribution < -0.4 is 5.32 Å². The van der Waals surface area contributed by atoms with E-state index in [1.54, 1.807) is 17.1 Å². The van der Waals surface area contributed by atoms with E-state index < -0.39 is 11.7 Å². The average molecular weight is 238 g/mol. The number of aliphatic carboxylic acids is 1. The molecule has 0 radical (unpaired) electrons. The van der Waals surface area contributed by atoms with Crippen LogP contribution in [0.25, 0.3) is 0 Å². The minimum absolute atomic E-state index is 0.00515. The molecule has 2 aliphatic heterocycles. The third-order valence-electron chi connectivity index (χ3n) is 2.90. The van der Waals surface area contributed by atoms with Crippen LogP contribution in [-0.2, 0) is 14.3 Å². The van der Waals surface area contributed by atoms with Crippen molar-refractivity contribution in [1.29, 1.82) is 0 Å². The molecule has 0 aliphatic carbocycles. The van der Waals surface area contributed by atoms with Gasteiger partial charge < -0.3 is 15.2 Å². The van der Waals surface area contributed by atoms with Crippen molar-refractivity contribution in [3.8, 4) is 0 Å². The molecule has 6 heteroatoms. The van der Waals surface area contributed by atoms with E-state index in [1.807, 2.05) is 0 Å². The number of hydrogen-bond donors (Lipinski definition) is 2. The first-order valence-corrected chi connectivity index (χ1v) is 5.36. The lowest BCUT2D eigenvalue weighted by Crippen LogP contribution is -2.55. The lowest BCUT2D eigenvalue weighted by Gasteiger charge is -2.33. The SMILES string of the molecule is COC1(C(=O)O)C=CC=C(N2CCCC2=O)N1. The fraction of sp³-hybridized carbons (Fsp3) is 0.455. The lowest BCUT2D eigenvalue weighted by molar-refractivity contribution is -0.160. The molecule has 1 fully saturated rings. The van der Waals surface area contributed by atoms with Gasteiger partial charge in [-0.1, -0.05) is 6.08 Å². The highest BCUT2D eigenvalue weighted by molar-refractivity contribution is 5.82. The summed E-state index contributed by atoms with van der Waals surface area (Å²) in [6.07, 6.45) is 5.93. The molecule has 0 spiro atoms. The Bertz CT molecular complexity index is 416. The average Bonchev–Trinajstić information content (AvgIpc) is 2.75. The third kappa shape index (κ3) is 1.91. The van der Waals surface area contributed by atoms with Gasteiger partial charge in [0.1, 0.15) is 5.82 Å². The van der Waals surface area contributed by atoms with Gasteiger partial charge in [0.25, 0.3) is 5.72 Å². The third-order valence-corrected chi connectivity index (χ3v) is 2.90. The molecular formula is C11H14N2O4. The van der Waals surface area contributed by atoms with E-state index in [-0.39, 0.29) is 5.91 Å². The number of likely N-dealkylation sites (tertiary alicyclic amines) is 1. The van der Waals surface area contributed by atoms with Crippen LogP contribution in [0.3, 0.4) is 0 Å². The van der Waals surface area contributed by atoms with Crippen molar-refractivity contribution in [2.45, 2.75) is 18.6 Å². The van der Waals surface area contributed by atoms with Crippen LogP contribution in [0.15, 0.2) is 24.0 Å². The number of amides is 1. The van der Waals surface area contributed by atoms with E-state index in [1.165, 1.54) is 13.2 Å². The number of dihydropyridines is 1. The van der Waals surface area contributed by atoms with Gasteiger partial charge in [0, 0.05) is 20.1 Å². The largest absolute Gasteiger partial charge is 0.477 e. The molecule has 2 N–H and O–H groups in total. The van der Waals surface area contributed by atoms with Crippen molar-refractivity contribution in [3.05, 3.63) is 24.0 Å². The first-order valence-electron chi connectivity index (χ1n) is 5.36. The van der Waals surface area contributed by atoms with E-state index in [2.05, 4.69) is 5.32 Å². The predicted molar refractivity (Wildman–Crippen MR) is 58.7 cm³/mol. The Morgan fingerprint density at radius 1 is 1.65 bits per heavy atom. The van der Waals surface area contributed by atoms with Gasteiger partial charge in [-0.2, -0.15) is 0 Å². The van der Waals surface area contributed by atoms with Gasteiger partial charge >= 0.3 is 5.97 Å². The van der Waals surface area contributed by atoms with E-state index in [0.29, 0.717) is 18.8 Å². The highest BCUT2D eigenvalue weighted by atomic mass is 16.5. The van der Waals surface area contributed by atoms with E-state index in [0.717, 1.165) is 6.42 Å². The summed E-state index contributed by atoms with van der Waals surface area (Å²) in [6.45, 7) is 0.602. The van der Waals surface area contributed by atoms with Crippen molar-refractivity contribution in [2.75, 3.05) is 13.7 Å². The highest BCUT2D eigenvalue weighted by Crippen LogP contribution is 2.22. The molecule has 6 nitrogen and oxygen atoms in total. The highest BCUT2D eigenvalue weighted by Gasteiger charge is 2.40. The number of carbonyl (C=O) groups is 2. The van der Waals surface area contributed by atoms with Crippen molar-refractivity contribution in [3.63, 3.8) is 0 Å². The number of carboxylic acids is 1. The molecule has 0 aromatic heterocycles. The summed E-state index contributed by atoms with van der Waals surface area (Å²) in [5.74, 6) is -0.679. The summed E-state index contributed by atoms with van der Waals surface area (Å²) in [5.41, 5.74) is -1.59. The summed E-state index contributed by atoms with van der Waals surface area (Å²) in [6, 6.07) is 0. The Kier molecular flexibility index (Phi) is 2.89. The first kappa shape index (κ1) is 11.7. The molecule has 0 aromatic rings. The number of carboxylic acid groups (broad SMARTS) is 1.